The zero-order valence-corrected chi connectivity index (χ0v) is 10.7. The molecule has 0 aliphatic heterocycles. The second-order valence-corrected chi connectivity index (χ2v) is 4.29. The summed E-state index contributed by atoms with van der Waals surface area (Å²) in [4.78, 5) is 18.2. The summed E-state index contributed by atoms with van der Waals surface area (Å²) in [6.45, 7) is 0. The van der Waals surface area contributed by atoms with Crippen molar-refractivity contribution in [2.24, 2.45) is 0 Å². The van der Waals surface area contributed by atoms with Gasteiger partial charge in [0.05, 0.1) is 4.92 Å². The largest absolute Gasteiger partial charge is 0.339 e. The number of fused-ring (bicyclic) bond motifs is 1. The van der Waals surface area contributed by atoms with E-state index in [2.05, 4.69) is 15.3 Å². The zero-order chi connectivity index (χ0) is 14.8. The number of halogens is 1. The van der Waals surface area contributed by atoms with Crippen molar-refractivity contribution in [2.45, 2.75) is 0 Å². The minimum absolute atomic E-state index is 0.0375. The lowest BCUT2D eigenvalue weighted by Gasteiger charge is -2.08. The van der Waals surface area contributed by atoms with Crippen LogP contribution in [0, 0.1) is 15.9 Å². The molecule has 0 bridgehead atoms. The van der Waals surface area contributed by atoms with Gasteiger partial charge in [0.15, 0.2) is 0 Å². The number of nitro groups is 1. The Labute approximate surface area is 118 Å². The molecule has 0 amide bonds. The summed E-state index contributed by atoms with van der Waals surface area (Å²) in [5.74, 6) is -0.0583. The van der Waals surface area contributed by atoms with E-state index in [4.69, 9.17) is 0 Å². The molecule has 7 heteroatoms. The van der Waals surface area contributed by atoms with Crippen molar-refractivity contribution in [1.29, 1.82) is 0 Å². The fraction of sp³-hybridized carbons (Fsp3) is 0. The average molecular weight is 284 g/mol. The highest BCUT2D eigenvalue weighted by Crippen LogP contribution is 2.26. The lowest BCUT2D eigenvalue weighted by Crippen LogP contribution is -1.97. The molecule has 0 saturated carbocycles. The van der Waals surface area contributed by atoms with Crippen molar-refractivity contribution >= 4 is 28.1 Å². The first kappa shape index (κ1) is 12.9. The van der Waals surface area contributed by atoms with Crippen LogP contribution in [0.3, 0.4) is 0 Å². The zero-order valence-electron chi connectivity index (χ0n) is 10.7. The van der Waals surface area contributed by atoms with Crippen LogP contribution in [0.4, 0.5) is 21.6 Å². The second kappa shape index (κ2) is 5.12. The molecule has 1 heterocycles. The van der Waals surface area contributed by atoms with Crippen LogP contribution in [0.15, 0.2) is 48.8 Å². The fourth-order valence-corrected chi connectivity index (χ4v) is 1.99. The van der Waals surface area contributed by atoms with E-state index < -0.39 is 10.7 Å². The topological polar surface area (TPSA) is 81.0 Å². The van der Waals surface area contributed by atoms with Gasteiger partial charge < -0.3 is 5.32 Å². The molecule has 3 aromatic rings. The van der Waals surface area contributed by atoms with Crippen LogP contribution in [0.5, 0.6) is 0 Å². The Bertz CT molecular complexity index is 838. The van der Waals surface area contributed by atoms with Gasteiger partial charge in [-0.25, -0.2) is 14.4 Å². The predicted molar refractivity (Wildman–Crippen MR) is 75.9 cm³/mol. The van der Waals surface area contributed by atoms with E-state index in [1.54, 1.807) is 24.3 Å². The molecule has 0 radical (unpaired) electrons. The third-order valence-corrected chi connectivity index (χ3v) is 2.94. The van der Waals surface area contributed by atoms with Crippen molar-refractivity contribution in [3.63, 3.8) is 0 Å². The number of nitro benzene ring substituents is 1. The number of aromatic nitrogens is 2. The molecule has 0 aliphatic carbocycles. The van der Waals surface area contributed by atoms with E-state index in [9.17, 15) is 14.5 Å². The Kier molecular flexibility index (Phi) is 3.15. The molecule has 2 aromatic carbocycles. The molecular formula is C14H9FN4O2. The smallest absolute Gasteiger partial charge is 0.271 e. The number of rotatable bonds is 3. The Hall–Kier alpha value is -3.09. The number of non-ortho nitro benzene ring substituents is 1. The van der Waals surface area contributed by atoms with Gasteiger partial charge in [0.2, 0.25) is 0 Å². The number of para-hydroxylation sites is 1. The molecule has 0 spiro atoms. The lowest BCUT2D eigenvalue weighted by atomic mass is 10.2. The molecule has 0 atom stereocenters. The van der Waals surface area contributed by atoms with Gasteiger partial charge in [-0.1, -0.05) is 12.1 Å². The summed E-state index contributed by atoms with van der Waals surface area (Å²) in [7, 11) is 0. The van der Waals surface area contributed by atoms with Crippen LogP contribution in [-0.4, -0.2) is 14.9 Å². The highest BCUT2D eigenvalue weighted by molar-refractivity contribution is 5.90. The minimum atomic E-state index is -0.483. The molecule has 1 N–H and O–H groups in total. The van der Waals surface area contributed by atoms with Crippen LogP contribution in [0.2, 0.25) is 0 Å². The summed E-state index contributed by atoms with van der Waals surface area (Å²) in [5, 5.41) is 14.2. The van der Waals surface area contributed by atoms with Crippen LogP contribution >= 0.6 is 0 Å². The van der Waals surface area contributed by atoms with Crippen LogP contribution in [0.25, 0.3) is 10.9 Å². The summed E-state index contributed by atoms with van der Waals surface area (Å²) in [5.41, 5.74) is 0.651. The predicted octanol–water partition coefficient (Wildman–Crippen LogP) is 3.42. The summed E-state index contributed by atoms with van der Waals surface area (Å²) in [6, 6.07) is 10.5. The number of nitrogens with zero attached hydrogens (tertiary/aromatic N) is 3. The molecule has 0 saturated heterocycles. The normalized spacial score (nSPS) is 10.5. The van der Waals surface area contributed by atoms with Crippen molar-refractivity contribution < 1.29 is 9.31 Å². The Morgan fingerprint density at radius 3 is 2.76 bits per heavy atom. The van der Waals surface area contributed by atoms with E-state index in [1.165, 1.54) is 24.5 Å². The number of benzene rings is 2. The molecule has 6 nitrogen and oxygen atoms in total. The van der Waals surface area contributed by atoms with E-state index >= 15 is 0 Å². The molecule has 0 fully saturated rings. The summed E-state index contributed by atoms with van der Waals surface area (Å²) in [6.07, 6.45) is 1.24. The van der Waals surface area contributed by atoms with Crippen molar-refractivity contribution in [3.8, 4) is 0 Å². The van der Waals surface area contributed by atoms with Crippen LogP contribution in [0.1, 0.15) is 0 Å². The Morgan fingerprint density at radius 1 is 1.14 bits per heavy atom. The quantitative estimate of drug-likeness (QED) is 0.588. The van der Waals surface area contributed by atoms with Crippen molar-refractivity contribution in [1.82, 2.24) is 9.97 Å². The minimum Gasteiger partial charge on any atom is -0.339 e. The van der Waals surface area contributed by atoms with E-state index in [1.807, 2.05) is 0 Å². The molecular weight excluding hydrogens is 275 g/mol. The maximum atomic E-state index is 13.7. The fourth-order valence-electron chi connectivity index (χ4n) is 1.99. The Morgan fingerprint density at radius 2 is 1.95 bits per heavy atom. The van der Waals surface area contributed by atoms with Crippen molar-refractivity contribution in [2.75, 3.05) is 5.32 Å². The standard InChI is InChI=1S/C14H9FN4O2/c15-12-6-2-5-11-13(12)16-8-17-14(11)18-9-3-1-4-10(7-9)19(20)21/h1-8H,(H,16,17,18). The molecule has 3 rings (SSSR count). The van der Waals surface area contributed by atoms with Gasteiger partial charge in [0.1, 0.15) is 23.5 Å². The van der Waals surface area contributed by atoms with Crippen LogP contribution < -0.4 is 5.32 Å². The van der Waals surface area contributed by atoms with Crippen molar-refractivity contribution in [3.05, 3.63) is 64.7 Å². The monoisotopic (exact) mass is 284 g/mol. The molecule has 104 valence electrons. The first-order valence-corrected chi connectivity index (χ1v) is 6.06. The molecule has 1 aromatic heterocycles. The molecule has 21 heavy (non-hydrogen) atoms. The average Bonchev–Trinajstić information content (AvgIpc) is 2.49. The third kappa shape index (κ3) is 2.48. The van der Waals surface area contributed by atoms with Gasteiger partial charge in [-0.05, 0) is 18.2 Å². The van der Waals surface area contributed by atoms with E-state index in [-0.39, 0.29) is 11.2 Å². The maximum absolute atomic E-state index is 13.7. The SMILES string of the molecule is O=[N+]([O-])c1cccc(Nc2ncnc3c(F)cccc23)c1. The second-order valence-electron chi connectivity index (χ2n) is 4.29. The highest BCUT2D eigenvalue weighted by atomic mass is 19.1. The van der Waals surface area contributed by atoms with Gasteiger partial charge in [0, 0.05) is 23.2 Å². The first-order chi connectivity index (χ1) is 10.1. The van der Waals surface area contributed by atoms with Gasteiger partial charge in [-0.15, -0.1) is 0 Å². The number of hydrogen-bond acceptors (Lipinski definition) is 5. The van der Waals surface area contributed by atoms with E-state index in [0.29, 0.717) is 16.9 Å². The van der Waals surface area contributed by atoms with Gasteiger partial charge >= 0.3 is 0 Å². The number of anilines is 2. The van der Waals surface area contributed by atoms with Gasteiger partial charge in [0.25, 0.3) is 5.69 Å². The van der Waals surface area contributed by atoms with E-state index in [0.717, 1.165) is 0 Å². The number of nitrogens with one attached hydrogen (secondary N) is 1. The third-order valence-electron chi connectivity index (χ3n) is 2.94. The highest BCUT2D eigenvalue weighted by Gasteiger charge is 2.09. The summed E-state index contributed by atoms with van der Waals surface area (Å²) >= 11 is 0. The summed E-state index contributed by atoms with van der Waals surface area (Å²) < 4.78 is 13.7. The Balaban J connectivity index is 2.04. The van der Waals surface area contributed by atoms with Crippen LogP contribution in [-0.2, 0) is 0 Å². The first-order valence-electron chi connectivity index (χ1n) is 6.06. The van der Waals surface area contributed by atoms with Gasteiger partial charge in [-0.3, -0.25) is 10.1 Å². The molecule has 0 unspecified atom stereocenters. The maximum Gasteiger partial charge on any atom is 0.271 e. The number of hydrogen-bond donors (Lipinski definition) is 1. The molecule has 0 aliphatic rings. The lowest BCUT2D eigenvalue weighted by molar-refractivity contribution is -0.384. The van der Waals surface area contributed by atoms with Gasteiger partial charge in [-0.2, -0.15) is 0 Å².